The molecule has 9 aromatic carbocycles. The number of hydrogen-bond acceptors (Lipinski definition) is 4. The van der Waals surface area contributed by atoms with Crippen LogP contribution in [0.15, 0.2) is 223 Å². The van der Waals surface area contributed by atoms with E-state index in [-0.39, 0.29) is 0 Å². The molecular formula is C54H36N2OS. The number of nitrogens with zero attached hydrogens (tertiary/aromatic N) is 2. The number of fused-ring (bicyclic) bond motifs is 6. The molecule has 0 saturated heterocycles. The van der Waals surface area contributed by atoms with Gasteiger partial charge in [-0.3, -0.25) is 0 Å². The van der Waals surface area contributed by atoms with E-state index in [2.05, 4.69) is 216 Å². The zero-order valence-electron chi connectivity index (χ0n) is 31.5. The fourth-order valence-electron chi connectivity index (χ4n) is 8.24. The Morgan fingerprint density at radius 3 is 1.43 bits per heavy atom. The Hall–Kier alpha value is -7.40. The number of hydrogen-bond donors (Lipinski definition) is 0. The van der Waals surface area contributed by atoms with E-state index in [9.17, 15) is 0 Å². The summed E-state index contributed by atoms with van der Waals surface area (Å²) >= 11 is 1.84. The van der Waals surface area contributed by atoms with Crippen LogP contribution < -0.4 is 9.80 Å². The zero-order valence-corrected chi connectivity index (χ0v) is 32.3. The molecule has 0 bridgehead atoms. The van der Waals surface area contributed by atoms with Crippen molar-refractivity contribution in [2.24, 2.45) is 0 Å². The number of benzene rings is 9. The Balaban J connectivity index is 1.06. The molecule has 0 unspecified atom stereocenters. The molecule has 0 saturated carbocycles. The van der Waals surface area contributed by atoms with E-state index in [4.69, 9.17) is 4.42 Å². The maximum absolute atomic E-state index is 6.16. The highest BCUT2D eigenvalue weighted by Gasteiger charge is 2.19. The molecule has 3 nitrogen and oxygen atoms in total. The van der Waals surface area contributed by atoms with Gasteiger partial charge in [-0.05, 0) is 125 Å². The van der Waals surface area contributed by atoms with Crippen molar-refractivity contribution in [3.63, 3.8) is 0 Å². The molecule has 2 heterocycles. The smallest absolute Gasteiger partial charge is 0.135 e. The SMILES string of the molecule is c1ccc(-c2ccc(N(c3cccc(N(c4ccccc4)c4ccccc4)c3)c3ccc4sc5ccc(-c6ccc7oc8ccccc8c7c6)cc5c4c3)cc2)cc1. The summed E-state index contributed by atoms with van der Waals surface area (Å²) in [5, 5.41) is 4.78. The topological polar surface area (TPSA) is 19.6 Å². The Kier molecular flexibility index (Phi) is 8.34. The monoisotopic (exact) mass is 760 g/mol. The van der Waals surface area contributed by atoms with Crippen molar-refractivity contribution in [1.29, 1.82) is 0 Å². The van der Waals surface area contributed by atoms with E-state index < -0.39 is 0 Å². The Morgan fingerprint density at radius 2 is 0.724 bits per heavy atom. The van der Waals surface area contributed by atoms with Gasteiger partial charge in [0, 0.05) is 65.1 Å². The van der Waals surface area contributed by atoms with Crippen LogP contribution in [-0.4, -0.2) is 0 Å². The summed E-state index contributed by atoms with van der Waals surface area (Å²) in [6.45, 7) is 0. The molecule has 0 spiro atoms. The average molecular weight is 761 g/mol. The second-order valence-electron chi connectivity index (χ2n) is 14.6. The maximum atomic E-state index is 6.16. The number of furan rings is 1. The van der Waals surface area contributed by atoms with Crippen molar-refractivity contribution in [3.8, 4) is 22.3 Å². The summed E-state index contributed by atoms with van der Waals surface area (Å²) in [5.74, 6) is 0. The number of para-hydroxylation sites is 3. The van der Waals surface area contributed by atoms with Gasteiger partial charge in [-0.15, -0.1) is 11.3 Å². The second-order valence-corrected chi connectivity index (χ2v) is 15.7. The van der Waals surface area contributed by atoms with E-state index in [1.165, 1.54) is 42.4 Å². The molecule has 11 rings (SSSR count). The lowest BCUT2D eigenvalue weighted by atomic mass is 10.0. The molecule has 0 radical (unpaired) electrons. The van der Waals surface area contributed by atoms with Crippen LogP contribution in [0.2, 0.25) is 0 Å². The van der Waals surface area contributed by atoms with Gasteiger partial charge in [-0.2, -0.15) is 0 Å². The van der Waals surface area contributed by atoms with Gasteiger partial charge in [0.25, 0.3) is 0 Å². The average Bonchev–Trinajstić information content (AvgIpc) is 3.85. The van der Waals surface area contributed by atoms with E-state index in [0.717, 1.165) is 56.1 Å². The highest BCUT2D eigenvalue weighted by molar-refractivity contribution is 7.25. The van der Waals surface area contributed by atoms with E-state index >= 15 is 0 Å². The third-order valence-corrected chi connectivity index (χ3v) is 12.2. The lowest BCUT2D eigenvalue weighted by Gasteiger charge is -2.29. The Bertz CT molecular complexity index is 3190. The minimum atomic E-state index is 0.910. The van der Waals surface area contributed by atoms with Crippen molar-refractivity contribution in [2.45, 2.75) is 0 Å². The summed E-state index contributed by atoms with van der Waals surface area (Å²) in [6, 6.07) is 78.2. The van der Waals surface area contributed by atoms with Gasteiger partial charge in [0.05, 0.1) is 0 Å². The van der Waals surface area contributed by atoms with Crippen LogP contribution >= 0.6 is 11.3 Å². The van der Waals surface area contributed by atoms with Crippen LogP contribution in [-0.2, 0) is 0 Å². The fraction of sp³-hybridized carbons (Fsp3) is 0. The van der Waals surface area contributed by atoms with Crippen LogP contribution in [0.5, 0.6) is 0 Å². The standard InChI is InChI=1S/C54H36N2OS/c1-4-13-37(14-5-1)38-23-27-43(28-24-38)56(45-20-12-19-44(35-45)55(41-15-6-2-7-16-41)42-17-8-3-9-18-42)46-29-32-54-50(36-46)49-34-40(26-31-53(49)58-54)39-25-30-52-48(33-39)47-21-10-11-22-51(47)57-52/h1-36H. The molecule has 58 heavy (non-hydrogen) atoms. The van der Waals surface area contributed by atoms with Gasteiger partial charge in [0.2, 0.25) is 0 Å². The summed E-state index contributed by atoms with van der Waals surface area (Å²) in [7, 11) is 0. The molecule has 0 atom stereocenters. The van der Waals surface area contributed by atoms with Crippen LogP contribution in [0.3, 0.4) is 0 Å². The summed E-state index contributed by atoms with van der Waals surface area (Å²) in [6.07, 6.45) is 0. The highest BCUT2D eigenvalue weighted by atomic mass is 32.1. The molecule has 0 fully saturated rings. The van der Waals surface area contributed by atoms with E-state index in [1.807, 2.05) is 23.5 Å². The summed E-state index contributed by atoms with van der Waals surface area (Å²) in [5.41, 5.74) is 13.1. The minimum Gasteiger partial charge on any atom is -0.456 e. The molecule has 0 aliphatic carbocycles. The van der Waals surface area contributed by atoms with Gasteiger partial charge < -0.3 is 14.2 Å². The Morgan fingerprint density at radius 1 is 0.276 bits per heavy atom. The molecule has 0 aliphatic heterocycles. The van der Waals surface area contributed by atoms with Gasteiger partial charge in [-0.1, -0.05) is 115 Å². The molecule has 0 amide bonds. The molecular weight excluding hydrogens is 725 g/mol. The number of thiophene rings is 1. The third kappa shape index (κ3) is 6.08. The second kappa shape index (κ2) is 14.3. The molecule has 0 N–H and O–H groups in total. The van der Waals surface area contributed by atoms with Crippen molar-refractivity contribution in [3.05, 3.63) is 218 Å². The van der Waals surface area contributed by atoms with Crippen molar-refractivity contribution < 1.29 is 4.42 Å². The first kappa shape index (κ1) is 33.9. The maximum Gasteiger partial charge on any atom is 0.135 e. The van der Waals surface area contributed by atoms with Crippen LogP contribution in [0.4, 0.5) is 34.1 Å². The van der Waals surface area contributed by atoms with Crippen molar-refractivity contribution in [1.82, 2.24) is 0 Å². The quantitative estimate of drug-likeness (QED) is 0.154. The van der Waals surface area contributed by atoms with E-state index in [0.29, 0.717) is 0 Å². The number of rotatable bonds is 8. The third-order valence-electron chi connectivity index (χ3n) is 11.0. The molecule has 0 aliphatic rings. The van der Waals surface area contributed by atoms with Gasteiger partial charge >= 0.3 is 0 Å². The predicted molar refractivity (Wildman–Crippen MR) is 247 cm³/mol. The molecule has 11 aromatic rings. The van der Waals surface area contributed by atoms with E-state index in [1.54, 1.807) is 0 Å². The van der Waals surface area contributed by atoms with Crippen LogP contribution in [0.25, 0.3) is 64.4 Å². The van der Waals surface area contributed by atoms with Gasteiger partial charge in [-0.25, -0.2) is 0 Å². The molecule has 4 heteroatoms. The van der Waals surface area contributed by atoms with Gasteiger partial charge in [0.15, 0.2) is 0 Å². The van der Waals surface area contributed by atoms with Crippen LogP contribution in [0, 0.1) is 0 Å². The lowest BCUT2D eigenvalue weighted by Crippen LogP contribution is -2.13. The Labute approximate surface area is 340 Å². The number of anilines is 6. The fourth-order valence-corrected chi connectivity index (χ4v) is 9.31. The van der Waals surface area contributed by atoms with Crippen molar-refractivity contribution in [2.75, 3.05) is 9.80 Å². The predicted octanol–water partition coefficient (Wildman–Crippen LogP) is 16.2. The molecule has 274 valence electrons. The zero-order chi connectivity index (χ0) is 38.4. The summed E-state index contributed by atoms with van der Waals surface area (Å²) in [4.78, 5) is 4.71. The lowest BCUT2D eigenvalue weighted by molar-refractivity contribution is 0.669. The summed E-state index contributed by atoms with van der Waals surface area (Å²) < 4.78 is 8.69. The largest absolute Gasteiger partial charge is 0.456 e. The first-order valence-electron chi connectivity index (χ1n) is 19.6. The van der Waals surface area contributed by atoms with Crippen LogP contribution in [0.1, 0.15) is 0 Å². The minimum absolute atomic E-state index is 0.910. The normalized spacial score (nSPS) is 11.4. The highest BCUT2D eigenvalue weighted by Crippen LogP contribution is 2.44. The van der Waals surface area contributed by atoms with Gasteiger partial charge in [0.1, 0.15) is 11.2 Å². The first-order chi connectivity index (χ1) is 28.7. The first-order valence-corrected chi connectivity index (χ1v) is 20.4. The van der Waals surface area contributed by atoms with Crippen molar-refractivity contribution >= 4 is 87.6 Å². The molecule has 2 aromatic heterocycles.